The fraction of sp³-hybridized carbons (Fsp3) is 0.200. The minimum atomic E-state index is 0.647. The van der Waals surface area contributed by atoms with E-state index in [2.05, 4.69) is 48.2 Å². The van der Waals surface area contributed by atoms with Crippen molar-refractivity contribution in [1.82, 2.24) is 0 Å². The SMILES string of the molecule is Cc1ccccc1CN1COc2ccccc21. The lowest BCUT2D eigenvalue weighted by molar-refractivity contribution is 0.345. The van der Waals surface area contributed by atoms with Gasteiger partial charge in [0.05, 0.1) is 5.69 Å². The summed E-state index contributed by atoms with van der Waals surface area (Å²) in [6.07, 6.45) is 0. The molecule has 86 valence electrons. The van der Waals surface area contributed by atoms with Crippen molar-refractivity contribution in [2.24, 2.45) is 0 Å². The van der Waals surface area contributed by atoms with Gasteiger partial charge in [0, 0.05) is 6.54 Å². The number of para-hydroxylation sites is 2. The Kier molecular flexibility index (Phi) is 2.48. The van der Waals surface area contributed by atoms with Crippen LogP contribution in [-0.4, -0.2) is 6.73 Å². The largest absolute Gasteiger partial charge is 0.471 e. The molecule has 0 spiro atoms. The fourth-order valence-corrected chi connectivity index (χ4v) is 2.18. The molecule has 17 heavy (non-hydrogen) atoms. The van der Waals surface area contributed by atoms with E-state index >= 15 is 0 Å². The van der Waals surface area contributed by atoms with Gasteiger partial charge in [-0.3, -0.25) is 0 Å². The van der Waals surface area contributed by atoms with E-state index in [1.165, 1.54) is 16.8 Å². The molecule has 0 saturated heterocycles. The maximum atomic E-state index is 5.65. The molecule has 0 unspecified atom stereocenters. The van der Waals surface area contributed by atoms with Crippen molar-refractivity contribution in [3.8, 4) is 5.75 Å². The molecule has 0 bridgehead atoms. The van der Waals surface area contributed by atoms with Gasteiger partial charge in [-0.05, 0) is 30.2 Å². The topological polar surface area (TPSA) is 12.5 Å². The number of rotatable bonds is 2. The first kappa shape index (κ1) is 10.2. The van der Waals surface area contributed by atoms with Gasteiger partial charge < -0.3 is 9.64 Å². The van der Waals surface area contributed by atoms with E-state index in [0.29, 0.717) is 6.73 Å². The fourth-order valence-electron chi connectivity index (χ4n) is 2.18. The van der Waals surface area contributed by atoms with Gasteiger partial charge in [-0.1, -0.05) is 36.4 Å². The summed E-state index contributed by atoms with van der Waals surface area (Å²) in [4.78, 5) is 2.26. The van der Waals surface area contributed by atoms with Crippen LogP contribution in [0.5, 0.6) is 5.75 Å². The van der Waals surface area contributed by atoms with Gasteiger partial charge in [0.1, 0.15) is 5.75 Å². The number of aryl methyl sites for hydroxylation is 1. The summed E-state index contributed by atoms with van der Waals surface area (Å²) in [5.74, 6) is 0.987. The Morgan fingerprint density at radius 1 is 1.06 bits per heavy atom. The normalized spacial score (nSPS) is 13.4. The maximum absolute atomic E-state index is 5.65. The maximum Gasteiger partial charge on any atom is 0.162 e. The second-order valence-corrected chi connectivity index (χ2v) is 4.37. The zero-order valence-electron chi connectivity index (χ0n) is 9.89. The average molecular weight is 225 g/mol. The molecule has 0 N–H and O–H groups in total. The van der Waals surface area contributed by atoms with Gasteiger partial charge in [0.25, 0.3) is 0 Å². The van der Waals surface area contributed by atoms with Crippen LogP contribution in [0, 0.1) is 6.92 Å². The van der Waals surface area contributed by atoms with E-state index in [0.717, 1.165) is 12.3 Å². The summed E-state index contributed by atoms with van der Waals surface area (Å²) >= 11 is 0. The first-order chi connectivity index (χ1) is 8.34. The third-order valence-corrected chi connectivity index (χ3v) is 3.20. The Hall–Kier alpha value is -1.96. The molecule has 0 atom stereocenters. The van der Waals surface area contributed by atoms with E-state index in [1.54, 1.807) is 0 Å². The number of benzene rings is 2. The van der Waals surface area contributed by atoms with Gasteiger partial charge >= 0.3 is 0 Å². The number of nitrogens with zero attached hydrogens (tertiary/aromatic N) is 1. The van der Waals surface area contributed by atoms with E-state index in [1.807, 2.05) is 12.1 Å². The van der Waals surface area contributed by atoms with Crippen LogP contribution in [0.3, 0.4) is 0 Å². The Bertz CT molecular complexity index is 536. The molecule has 2 heteroatoms. The minimum absolute atomic E-state index is 0.647. The first-order valence-electron chi connectivity index (χ1n) is 5.86. The zero-order chi connectivity index (χ0) is 11.7. The molecule has 0 aliphatic carbocycles. The van der Waals surface area contributed by atoms with E-state index in [9.17, 15) is 0 Å². The van der Waals surface area contributed by atoms with Crippen molar-refractivity contribution in [1.29, 1.82) is 0 Å². The highest BCUT2D eigenvalue weighted by atomic mass is 16.5. The van der Waals surface area contributed by atoms with Crippen LogP contribution >= 0.6 is 0 Å². The minimum Gasteiger partial charge on any atom is -0.471 e. The highest BCUT2D eigenvalue weighted by molar-refractivity contribution is 5.61. The van der Waals surface area contributed by atoms with Crippen LogP contribution in [-0.2, 0) is 6.54 Å². The lowest BCUT2D eigenvalue weighted by Gasteiger charge is -2.17. The molecule has 0 amide bonds. The summed E-state index contributed by atoms with van der Waals surface area (Å²) in [5.41, 5.74) is 3.88. The standard InChI is InChI=1S/C15H15NO/c1-12-6-2-3-7-13(12)10-16-11-17-15-9-5-4-8-14(15)16/h2-9H,10-11H2,1H3. The van der Waals surface area contributed by atoms with Crippen LogP contribution in [0.25, 0.3) is 0 Å². The van der Waals surface area contributed by atoms with Crippen LogP contribution in [0.15, 0.2) is 48.5 Å². The molecular weight excluding hydrogens is 210 g/mol. The zero-order valence-corrected chi connectivity index (χ0v) is 9.89. The summed E-state index contributed by atoms with van der Waals surface area (Å²) in [7, 11) is 0. The molecule has 0 fully saturated rings. The van der Waals surface area contributed by atoms with Crippen molar-refractivity contribution in [3.63, 3.8) is 0 Å². The number of fused-ring (bicyclic) bond motifs is 1. The molecule has 3 rings (SSSR count). The smallest absolute Gasteiger partial charge is 0.162 e. The molecule has 2 aromatic carbocycles. The second-order valence-electron chi connectivity index (χ2n) is 4.37. The summed E-state index contributed by atoms with van der Waals surface area (Å²) < 4.78 is 5.65. The van der Waals surface area contributed by atoms with Crippen LogP contribution in [0.2, 0.25) is 0 Å². The molecule has 1 aliphatic rings. The molecular formula is C15H15NO. The van der Waals surface area contributed by atoms with Crippen molar-refractivity contribution < 1.29 is 4.74 Å². The lowest BCUT2D eigenvalue weighted by Crippen LogP contribution is -2.21. The molecule has 0 saturated carbocycles. The van der Waals surface area contributed by atoms with Crippen molar-refractivity contribution in [2.75, 3.05) is 11.6 Å². The van der Waals surface area contributed by atoms with Crippen LogP contribution < -0.4 is 9.64 Å². The van der Waals surface area contributed by atoms with Gasteiger partial charge in [-0.15, -0.1) is 0 Å². The molecule has 2 aromatic rings. The molecule has 0 aromatic heterocycles. The van der Waals surface area contributed by atoms with Crippen LogP contribution in [0.4, 0.5) is 5.69 Å². The van der Waals surface area contributed by atoms with Gasteiger partial charge in [0.15, 0.2) is 6.73 Å². The first-order valence-corrected chi connectivity index (χ1v) is 5.86. The predicted molar refractivity (Wildman–Crippen MR) is 69.3 cm³/mol. The third-order valence-electron chi connectivity index (χ3n) is 3.20. The van der Waals surface area contributed by atoms with Gasteiger partial charge in [-0.25, -0.2) is 0 Å². The van der Waals surface area contributed by atoms with Gasteiger partial charge in [-0.2, -0.15) is 0 Å². The highest BCUT2D eigenvalue weighted by Crippen LogP contribution is 2.34. The summed E-state index contributed by atoms with van der Waals surface area (Å²) in [6.45, 7) is 3.70. The number of anilines is 1. The Balaban J connectivity index is 1.87. The van der Waals surface area contributed by atoms with E-state index in [4.69, 9.17) is 4.74 Å². The third kappa shape index (κ3) is 1.86. The van der Waals surface area contributed by atoms with Crippen molar-refractivity contribution in [3.05, 3.63) is 59.7 Å². The quantitative estimate of drug-likeness (QED) is 0.777. The predicted octanol–water partition coefficient (Wildman–Crippen LogP) is 3.35. The number of hydrogen-bond acceptors (Lipinski definition) is 2. The summed E-state index contributed by atoms with van der Waals surface area (Å²) in [6, 6.07) is 16.7. The average Bonchev–Trinajstić information content (AvgIpc) is 2.76. The molecule has 0 radical (unpaired) electrons. The summed E-state index contributed by atoms with van der Waals surface area (Å²) in [5, 5.41) is 0. The Morgan fingerprint density at radius 3 is 2.71 bits per heavy atom. The Morgan fingerprint density at radius 2 is 1.82 bits per heavy atom. The number of ether oxygens (including phenoxy) is 1. The van der Waals surface area contributed by atoms with Crippen molar-refractivity contribution >= 4 is 5.69 Å². The molecule has 1 aliphatic heterocycles. The van der Waals surface area contributed by atoms with E-state index < -0.39 is 0 Å². The lowest BCUT2D eigenvalue weighted by atomic mass is 10.1. The Labute approximate surface area is 101 Å². The van der Waals surface area contributed by atoms with E-state index in [-0.39, 0.29) is 0 Å². The number of hydrogen-bond donors (Lipinski definition) is 0. The molecule has 2 nitrogen and oxygen atoms in total. The molecule has 1 heterocycles. The van der Waals surface area contributed by atoms with Gasteiger partial charge in [0.2, 0.25) is 0 Å². The van der Waals surface area contributed by atoms with Crippen molar-refractivity contribution in [2.45, 2.75) is 13.5 Å². The van der Waals surface area contributed by atoms with Crippen LogP contribution in [0.1, 0.15) is 11.1 Å². The highest BCUT2D eigenvalue weighted by Gasteiger charge is 2.19. The second kappa shape index (κ2) is 4.13. The monoisotopic (exact) mass is 225 g/mol.